The largest absolute Gasteiger partial charge is 0.298 e. The van der Waals surface area contributed by atoms with Crippen molar-refractivity contribution in [2.75, 3.05) is 0 Å². The highest BCUT2D eigenvalue weighted by Crippen LogP contribution is 2.24. The summed E-state index contributed by atoms with van der Waals surface area (Å²) in [7, 11) is 0. The van der Waals surface area contributed by atoms with E-state index in [-0.39, 0.29) is 5.56 Å². The second-order valence-corrected chi connectivity index (χ2v) is 4.95. The van der Waals surface area contributed by atoms with Crippen LogP contribution in [0.4, 0.5) is 4.39 Å². The topological polar surface area (TPSA) is 40.9 Å². The molecule has 0 N–H and O–H groups in total. The van der Waals surface area contributed by atoms with Crippen LogP contribution in [0, 0.1) is 17.1 Å². The molecule has 0 amide bonds. The van der Waals surface area contributed by atoms with Crippen molar-refractivity contribution >= 4 is 18.0 Å². The Balaban J connectivity index is 2.10. The summed E-state index contributed by atoms with van der Waals surface area (Å²) in [6, 6.07) is 13.6. The zero-order chi connectivity index (χ0) is 13.7. The summed E-state index contributed by atoms with van der Waals surface area (Å²) in [5.74, 6) is 0.122. The lowest BCUT2D eigenvalue weighted by Crippen LogP contribution is -1.88. The van der Waals surface area contributed by atoms with Crippen LogP contribution in [0.15, 0.2) is 47.4 Å². The molecule has 0 aliphatic rings. The smallest absolute Gasteiger partial charge is 0.150 e. The molecule has 0 atom stereocenters. The maximum atomic E-state index is 13.2. The third-order valence-corrected chi connectivity index (χ3v) is 3.62. The molecule has 2 rings (SSSR count). The van der Waals surface area contributed by atoms with Crippen molar-refractivity contribution in [3.8, 4) is 6.07 Å². The molecule has 0 radical (unpaired) electrons. The Hall–Kier alpha value is -2.12. The molecule has 2 nitrogen and oxygen atoms in total. The van der Waals surface area contributed by atoms with E-state index in [9.17, 15) is 9.18 Å². The third-order valence-electron chi connectivity index (χ3n) is 2.55. The van der Waals surface area contributed by atoms with Gasteiger partial charge in [-0.25, -0.2) is 4.39 Å². The fourth-order valence-corrected chi connectivity index (χ4v) is 2.50. The maximum Gasteiger partial charge on any atom is 0.150 e. The van der Waals surface area contributed by atoms with Crippen LogP contribution in [0.25, 0.3) is 0 Å². The Bertz CT molecular complexity index is 649. The van der Waals surface area contributed by atoms with Crippen LogP contribution in [-0.4, -0.2) is 6.29 Å². The number of aldehydes is 1. The molecule has 4 heteroatoms. The van der Waals surface area contributed by atoms with E-state index in [4.69, 9.17) is 5.26 Å². The first-order valence-electron chi connectivity index (χ1n) is 5.59. The standard InChI is InChI=1S/C15H10FNOS/c16-15-5-4-12(6-13(15)8-17)10-19-14-3-1-2-11(7-14)9-18/h1-7,9H,10H2. The molecule has 2 aromatic rings. The Morgan fingerprint density at radius 3 is 2.84 bits per heavy atom. The fraction of sp³-hybridized carbons (Fsp3) is 0.0667. The van der Waals surface area contributed by atoms with E-state index in [0.29, 0.717) is 11.3 Å². The zero-order valence-electron chi connectivity index (χ0n) is 9.97. The van der Waals surface area contributed by atoms with Gasteiger partial charge in [-0.05, 0) is 29.8 Å². The quantitative estimate of drug-likeness (QED) is 0.627. The lowest BCUT2D eigenvalue weighted by molar-refractivity contribution is 0.112. The summed E-state index contributed by atoms with van der Waals surface area (Å²) in [5, 5.41) is 8.76. The Kier molecular flexibility index (Phi) is 4.32. The monoisotopic (exact) mass is 271 g/mol. The van der Waals surface area contributed by atoms with Gasteiger partial charge in [0.05, 0.1) is 5.56 Å². The molecule has 2 aromatic carbocycles. The van der Waals surface area contributed by atoms with Crippen molar-refractivity contribution in [1.82, 2.24) is 0 Å². The molecule has 94 valence electrons. The van der Waals surface area contributed by atoms with Gasteiger partial charge in [0, 0.05) is 16.2 Å². The first kappa shape index (κ1) is 13.3. The molecule has 0 aliphatic heterocycles. The number of hydrogen-bond donors (Lipinski definition) is 0. The predicted molar refractivity (Wildman–Crippen MR) is 72.5 cm³/mol. The van der Waals surface area contributed by atoms with Crippen LogP contribution < -0.4 is 0 Å². The van der Waals surface area contributed by atoms with Gasteiger partial charge in [0.2, 0.25) is 0 Å². The van der Waals surface area contributed by atoms with Gasteiger partial charge in [-0.2, -0.15) is 5.26 Å². The fourth-order valence-electron chi connectivity index (χ4n) is 1.59. The second kappa shape index (κ2) is 6.17. The van der Waals surface area contributed by atoms with E-state index < -0.39 is 5.82 Å². The number of nitriles is 1. The van der Waals surface area contributed by atoms with Crippen LogP contribution in [-0.2, 0) is 5.75 Å². The minimum absolute atomic E-state index is 0.0553. The van der Waals surface area contributed by atoms with Crippen molar-refractivity contribution in [3.63, 3.8) is 0 Å². The van der Waals surface area contributed by atoms with E-state index in [1.165, 1.54) is 17.8 Å². The molecular formula is C15H10FNOS. The molecule has 0 aliphatic carbocycles. The van der Waals surface area contributed by atoms with Crippen LogP contribution in [0.2, 0.25) is 0 Å². The Morgan fingerprint density at radius 2 is 2.11 bits per heavy atom. The maximum absolute atomic E-state index is 13.2. The number of nitrogens with zero attached hydrogens (tertiary/aromatic N) is 1. The molecule has 0 bridgehead atoms. The van der Waals surface area contributed by atoms with E-state index >= 15 is 0 Å². The predicted octanol–water partition coefficient (Wildman–Crippen LogP) is 3.80. The van der Waals surface area contributed by atoms with Gasteiger partial charge in [-0.1, -0.05) is 18.2 Å². The van der Waals surface area contributed by atoms with Gasteiger partial charge in [-0.15, -0.1) is 11.8 Å². The van der Waals surface area contributed by atoms with Crippen LogP contribution in [0.5, 0.6) is 0 Å². The van der Waals surface area contributed by atoms with Gasteiger partial charge in [0.25, 0.3) is 0 Å². The number of carbonyl (C=O) groups excluding carboxylic acids is 1. The van der Waals surface area contributed by atoms with Crippen LogP contribution in [0.1, 0.15) is 21.5 Å². The highest BCUT2D eigenvalue weighted by atomic mass is 32.2. The minimum atomic E-state index is -0.501. The molecule has 19 heavy (non-hydrogen) atoms. The lowest BCUT2D eigenvalue weighted by Gasteiger charge is -2.03. The number of thioether (sulfide) groups is 1. The summed E-state index contributed by atoms with van der Waals surface area (Å²) >= 11 is 1.54. The SMILES string of the molecule is N#Cc1cc(CSc2cccc(C=O)c2)ccc1F. The lowest BCUT2D eigenvalue weighted by atomic mass is 10.1. The first-order valence-corrected chi connectivity index (χ1v) is 6.58. The Morgan fingerprint density at radius 1 is 1.26 bits per heavy atom. The first-order chi connectivity index (χ1) is 9.22. The Labute approximate surface area is 114 Å². The molecule has 0 unspecified atom stereocenters. The van der Waals surface area contributed by atoms with E-state index in [2.05, 4.69) is 0 Å². The second-order valence-electron chi connectivity index (χ2n) is 3.91. The van der Waals surface area contributed by atoms with Crippen molar-refractivity contribution in [3.05, 3.63) is 65.0 Å². The average molecular weight is 271 g/mol. The number of rotatable bonds is 4. The van der Waals surface area contributed by atoms with Crippen molar-refractivity contribution < 1.29 is 9.18 Å². The molecular weight excluding hydrogens is 261 g/mol. The molecule has 0 aromatic heterocycles. The zero-order valence-corrected chi connectivity index (χ0v) is 10.8. The summed E-state index contributed by atoms with van der Waals surface area (Å²) in [4.78, 5) is 11.6. The van der Waals surface area contributed by atoms with Gasteiger partial charge in [-0.3, -0.25) is 4.79 Å². The normalized spacial score (nSPS) is 9.89. The minimum Gasteiger partial charge on any atom is -0.298 e. The van der Waals surface area contributed by atoms with E-state index in [1.807, 2.05) is 18.2 Å². The molecule has 0 fully saturated rings. The van der Waals surface area contributed by atoms with Crippen molar-refractivity contribution in [1.29, 1.82) is 5.26 Å². The van der Waals surface area contributed by atoms with Crippen molar-refractivity contribution in [2.24, 2.45) is 0 Å². The number of hydrogen-bond acceptors (Lipinski definition) is 3. The summed E-state index contributed by atoms with van der Waals surface area (Å²) in [6.45, 7) is 0. The molecule has 0 spiro atoms. The number of carbonyl (C=O) groups is 1. The van der Waals surface area contributed by atoms with E-state index in [1.54, 1.807) is 24.3 Å². The van der Waals surface area contributed by atoms with E-state index in [0.717, 1.165) is 16.7 Å². The van der Waals surface area contributed by atoms with Gasteiger partial charge in [0.1, 0.15) is 18.2 Å². The molecule has 0 heterocycles. The molecule has 0 saturated heterocycles. The van der Waals surface area contributed by atoms with Gasteiger partial charge < -0.3 is 0 Å². The van der Waals surface area contributed by atoms with Crippen LogP contribution in [0.3, 0.4) is 0 Å². The highest BCUT2D eigenvalue weighted by Gasteiger charge is 2.03. The van der Waals surface area contributed by atoms with Crippen molar-refractivity contribution in [2.45, 2.75) is 10.6 Å². The summed E-state index contributed by atoms with van der Waals surface area (Å²) in [6.07, 6.45) is 0.801. The number of halogens is 1. The van der Waals surface area contributed by atoms with Crippen LogP contribution >= 0.6 is 11.8 Å². The highest BCUT2D eigenvalue weighted by molar-refractivity contribution is 7.98. The molecule has 0 saturated carbocycles. The summed E-state index contributed by atoms with van der Waals surface area (Å²) in [5.41, 5.74) is 1.56. The summed E-state index contributed by atoms with van der Waals surface area (Å²) < 4.78 is 13.2. The third kappa shape index (κ3) is 3.43. The van der Waals surface area contributed by atoms with Gasteiger partial charge >= 0.3 is 0 Å². The average Bonchev–Trinajstić information content (AvgIpc) is 2.46. The van der Waals surface area contributed by atoms with Gasteiger partial charge in [0.15, 0.2) is 0 Å². The number of benzene rings is 2.